The van der Waals surface area contributed by atoms with Gasteiger partial charge in [-0.2, -0.15) is 0 Å². The van der Waals surface area contributed by atoms with E-state index in [1.807, 2.05) is 0 Å². The molecule has 0 saturated heterocycles. The standard InChI is InChI=1S/C12H15N5O4/c1-7(2)11(12(18)21-3)14-9-5-4-8(15-16-13)6-10(9)17(19)20/h4-7,11,14H,1-3H3. The lowest BCUT2D eigenvalue weighted by Crippen LogP contribution is -2.35. The van der Waals surface area contributed by atoms with Crippen LogP contribution in [0.2, 0.25) is 0 Å². The average Bonchev–Trinajstić information content (AvgIpc) is 2.44. The first-order chi connectivity index (χ1) is 9.90. The number of methoxy groups -OCH3 is 1. The van der Waals surface area contributed by atoms with Gasteiger partial charge in [0.1, 0.15) is 11.7 Å². The third-order valence-corrected chi connectivity index (χ3v) is 2.77. The third-order valence-electron chi connectivity index (χ3n) is 2.77. The SMILES string of the molecule is COC(=O)C(Nc1ccc(N=[N+]=[N-])cc1[N+](=O)[O-])C(C)C. The summed E-state index contributed by atoms with van der Waals surface area (Å²) in [6, 6.07) is 3.22. The monoisotopic (exact) mass is 293 g/mol. The number of rotatable bonds is 6. The van der Waals surface area contributed by atoms with E-state index < -0.39 is 16.9 Å². The van der Waals surface area contributed by atoms with Gasteiger partial charge in [-0.3, -0.25) is 10.1 Å². The fourth-order valence-corrected chi connectivity index (χ4v) is 1.70. The summed E-state index contributed by atoms with van der Waals surface area (Å²) in [5.74, 6) is -0.646. The first-order valence-corrected chi connectivity index (χ1v) is 6.08. The zero-order valence-corrected chi connectivity index (χ0v) is 11.8. The number of azide groups is 1. The number of ether oxygens (including phenoxy) is 1. The highest BCUT2D eigenvalue weighted by Crippen LogP contribution is 2.30. The highest BCUT2D eigenvalue weighted by Gasteiger charge is 2.26. The topological polar surface area (TPSA) is 130 Å². The van der Waals surface area contributed by atoms with Gasteiger partial charge >= 0.3 is 5.97 Å². The Hall–Kier alpha value is -2.80. The van der Waals surface area contributed by atoms with Gasteiger partial charge in [0.05, 0.1) is 12.0 Å². The summed E-state index contributed by atoms with van der Waals surface area (Å²) in [5, 5.41) is 17.2. The number of carbonyl (C=O) groups excluding carboxylic acids is 1. The largest absolute Gasteiger partial charge is 0.467 e. The maximum Gasteiger partial charge on any atom is 0.328 e. The van der Waals surface area contributed by atoms with Crippen LogP contribution in [0.5, 0.6) is 0 Å². The molecular formula is C12H15N5O4. The van der Waals surface area contributed by atoms with Gasteiger partial charge in [-0.1, -0.05) is 25.0 Å². The van der Waals surface area contributed by atoms with Crippen molar-refractivity contribution in [3.05, 3.63) is 38.8 Å². The molecule has 21 heavy (non-hydrogen) atoms. The number of nitro groups is 1. The van der Waals surface area contributed by atoms with Crippen molar-refractivity contribution in [3.8, 4) is 0 Å². The van der Waals surface area contributed by atoms with Gasteiger partial charge in [-0.25, -0.2) is 4.79 Å². The molecule has 0 radical (unpaired) electrons. The molecule has 0 aliphatic rings. The lowest BCUT2D eigenvalue weighted by molar-refractivity contribution is -0.383. The molecule has 9 nitrogen and oxygen atoms in total. The normalized spacial score (nSPS) is 11.4. The quantitative estimate of drug-likeness (QED) is 0.215. The van der Waals surface area contributed by atoms with Gasteiger partial charge in [0, 0.05) is 16.7 Å². The average molecular weight is 293 g/mol. The number of hydrogen-bond donors (Lipinski definition) is 1. The zero-order valence-electron chi connectivity index (χ0n) is 11.8. The summed E-state index contributed by atoms with van der Waals surface area (Å²) in [4.78, 5) is 24.7. The third kappa shape index (κ3) is 4.08. The van der Waals surface area contributed by atoms with E-state index in [0.29, 0.717) is 0 Å². The molecule has 0 heterocycles. The van der Waals surface area contributed by atoms with Crippen LogP contribution in [0.4, 0.5) is 17.1 Å². The second-order valence-electron chi connectivity index (χ2n) is 4.54. The zero-order chi connectivity index (χ0) is 16.0. The number of benzene rings is 1. The first-order valence-electron chi connectivity index (χ1n) is 6.08. The van der Waals surface area contributed by atoms with Crippen LogP contribution in [0.15, 0.2) is 23.3 Å². The molecule has 0 bridgehead atoms. The number of nitrogens with one attached hydrogen (secondary N) is 1. The van der Waals surface area contributed by atoms with Crippen molar-refractivity contribution in [2.45, 2.75) is 19.9 Å². The van der Waals surface area contributed by atoms with E-state index in [1.54, 1.807) is 13.8 Å². The summed E-state index contributed by atoms with van der Waals surface area (Å²) in [5.41, 5.74) is 8.34. The molecule has 0 amide bonds. The number of carbonyl (C=O) groups is 1. The number of esters is 1. The number of anilines is 1. The molecule has 9 heteroatoms. The number of hydrogen-bond acceptors (Lipinski definition) is 6. The van der Waals surface area contributed by atoms with Crippen molar-refractivity contribution in [3.63, 3.8) is 0 Å². The molecule has 0 saturated carbocycles. The summed E-state index contributed by atoms with van der Waals surface area (Å²) in [7, 11) is 1.25. The summed E-state index contributed by atoms with van der Waals surface area (Å²) in [6.45, 7) is 3.57. The van der Waals surface area contributed by atoms with Crippen molar-refractivity contribution in [1.82, 2.24) is 0 Å². The summed E-state index contributed by atoms with van der Waals surface area (Å²) in [6.07, 6.45) is 0. The van der Waals surface area contributed by atoms with Crippen LogP contribution in [0.1, 0.15) is 13.8 Å². The van der Waals surface area contributed by atoms with Crippen LogP contribution in [0.3, 0.4) is 0 Å². The molecular weight excluding hydrogens is 278 g/mol. The molecule has 1 atom stereocenters. The molecule has 0 spiro atoms. The molecule has 1 N–H and O–H groups in total. The Bertz CT molecular complexity index is 595. The highest BCUT2D eigenvalue weighted by atomic mass is 16.6. The smallest absolute Gasteiger partial charge is 0.328 e. The molecule has 112 valence electrons. The highest BCUT2D eigenvalue weighted by molar-refractivity contribution is 5.81. The van der Waals surface area contributed by atoms with E-state index >= 15 is 0 Å². The predicted molar refractivity (Wildman–Crippen MR) is 76.2 cm³/mol. The Labute approximate surface area is 120 Å². The lowest BCUT2D eigenvalue weighted by Gasteiger charge is -2.20. The van der Waals surface area contributed by atoms with Crippen molar-refractivity contribution < 1.29 is 14.5 Å². The van der Waals surface area contributed by atoms with Crippen LogP contribution in [-0.2, 0) is 9.53 Å². The van der Waals surface area contributed by atoms with Gasteiger partial charge in [0.25, 0.3) is 5.69 Å². The second kappa shape index (κ2) is 7.11. The second-order valence-corrected chi connectivity index (χ2v) is 4.54. The Morgan fingerprint density at radius 1 is 1.52 bits per heavy atom. The maximum absolute atomic E-state index is 11.7. The molecule has 1 aromatic rings. The van der Waals surface area contributed by atoms with Crippen molar-refractivity contribution >= 4 is 23.0 Å². The molecule has 0 aromatic heterocycles. The number of nitro benzene ring substituents is 1. The van der Waals surface area contributed by atoms with Crippen LogP contribution < -0.4 is 5.32 Å². The fraction of sp³-hybridized carbons (Fsp3) is 0.417. The van der Waals surface area contributed by atoms with Gasteiger partial charge in [0.15, 0.2) is 0 Å². The minimum atomic E-state index is -0.723. The Kier molecular flexibility index (Phi) is 5.50. The molecule has 0 aliphatic heterocycles. The molecule has 0 fully saturated rings. The Morgan fingerprint density at radius 3 is 2.67 bits per heavy atom. The van der Waals surface area contributed by atoms with Gasteiger partial charge in [0.2, 0.25) is 0 Å². The van der Waals surface area contributed by atoms with Crippen molar-refractivity contribution in [1.29, 1.82) is 0 Å². The maximum atomic E-state index is 11.7. The van der Waals surface area contributed by atoms with E-state index in [2.05, 4.69) is 20.1 Å². The van der Waals surface area contributed by atoms with E-state index in [0.717, 1.165) is 6.07 Å². The Morgan fingerprint density at radius 2 is 2.19 bits per heavy atom. The van der Waals surface area contributed by atoms with Crippen molar-refractivity contribution in [2.75, 3.05) is 12.4 Å². The first kappa shape index (κ1) is 16.3. The number of nitrogens with zero attached hydrogens (tertiary/aromatic N) is 4. The van der Waals surface area contributed by atoms with Crippen LogP contribution in [-0.4, -0.2) is 24.0 Å². The van der Waals surface area contributed by atoms with Crippen LogP contribution in [0, 0.1) is 16.0 Å². The van der Waals surface area contributed by atoms with Crippen molar-refractivity contribution in [2.24, 2.45) is 11.0 Å². The molecule has 1 unspecified atom stereocenters. The van der Waals surface area contributed by atoms with Gasteiger partial charge in [-0.15, -0.1) is 0 Å². The predicted octanol–water partition coefficient (Wildman–Crippen LogP) is 3.15. The molecule has 1 aromatic carbocycles. The van der Waals surface area contributed by atoms with Crippen LogP contribution >= 0.6 is 0 Å². The summed E-state index contributed by atoms with van der Waals surface area (Å²) < 4.78 is 4.67. The van der Waals surface area contributed by atoms with Crippen LogP contribution in [0.25, 0.3) is 10.4 Å². The van der Waals surface area contributed by atoms with E-state index in [4.69, 9.17) is 5.53 Å². The fourth-order valence-electron chi connectivity index (χ4n) is 1.70. The Balaban J connectivity index is 3.19. The minimum absolute atomic E-state index is 0.119. The minimum Gasteiger partial charge on any atom is -0.467 e. The van der Waals surface area contributed by atoms with Gasteiger partial charge < -0.3 is 10.1 Å². The van der Waals surface area contributed by atoms with E-state index in [-0.39, 0.29) is 23.0 Å². The molecule has 1 rings (SSSR count). The lowest BCUT2D eigenvalue weighted by atomic mass is 10.0. The molecule has 0 aliphatic carbocycles. The van der Waals surface area contributed by atoms with Gasteiger partial charge in [-0.05, 0) is 17.5 Å². The van der Waals surface area contributed by atoms with E-state index in [1.165, 1.54) is 19.2 Å². The van der Waals surface area contributed by atoms with E-state index in [9.17, 15) is 14.9 Å². The summed E-state index contributed by atoms with van der Waals surface area (Å²) >= 11 is 0.